The second-order valence-electron chi connectivity index (χ2n) is 7.29. The maximum Gasteiger partial charge on any atom is 0.222 e. The number of benzene rings is 1. The van der Waals surface area contributed by atoms with Crippen LogP contribution in [0.2, 0.25) is 0 Å². The fourth-order valence-corrected chi connectivity index (χ4v) is 5.14. The number of amides is 2. The molecular weight excluding hydrogens is 430 g/mol. The minimum Gasteiger partial charge on any atom is -0.339 e. The summed E-state index contributed by atoms with van der Waals surface area (Å²) < 4.78 is 2.08. The Morgan fingerprint density at radius 3 is 2.42 bits per heavy atom. The molecule has 3 heterocycles. The van der Waals surface area contributed by atoms with E-state index in [1.807, 2.05) is 40.6 Å². The Hall–Kier alpha value is -2.65. The van der Waals surface area contributed by atoms with Gasteiger partial charge in [-0.05, 0) is 30.0 Å². The van der Waals surface area contributed by atoms with Crippen LogP contribution in [0.1, 0.15) is 19.8 Å². The Bertz CT molecular complexity index is 1010. The number of thiophene rings is 1. The zero-order chi connectivity index (χ0) is 21.6. The molecule has 162 valence electrons. The lowest BCUT2D eigenvalue weighted by atomic mass is 10.2. The zero-order valence-corrected chi connectivity index (χ0v) is 19.1. The maximum absolute atomic E-state index is 12.5. The van der Waals surface area contributed by atoms with Gasteiger partial charge in [0.25, 0.3) is 0 Å². The van der Waals surface area contributed by atoms with Crippen molar-refractivity contribution in [2.75, 3.05) is 31.9 Å². The van der Waals surface area contributed by atoms with Gasteiger partial charge in [-0.15, -0.1) is 21.5 Å². The largest absolute Gasteiger partial charge is 0.339 e. The molecule has 1 aromatic carbocycles. The Kier molecular flexibility index (Phi) is 7.03. The lowest BCUT2D eigenvalue weighted by molar-refractivity contribution is -0.138. The molecule has 0 spiro atoms. The first-order valence-electron chi connectivity index (χ1n) is 10.3. The summed E-state index contributed by atoms with van der Waals surface area (Å²) in [4.78, 5) is 28.7. The number of carbonyl (C=O) groups is 2. The molecule has 4 rings (SSSR count). The average Bonchev–Trinajstić information content (AvgIpc) is 3.47. The summed E-state index contributed by atoms with van der Waals surface area (Å²) in [5.41, 5.74) is 1.03. The molecule has 1 aliphatic rings. The number of hydrogen-bond acceptors (Lipinski definition) is 6. The highest BCUT2D eigenvalue weighted by atomic mass is 32.2. The second-order valence-corrected chi connectivity index (χ2v) is 9.30. The van der Waals surface area contributed by atoms with E-state index in [0.29, 0.717) is 32.6 Å². The van der Waals surface area contributed by atoms with E-state index in [0.717, 1.165) is 33.7 Å². The van der Waals surface area contributed by atoms with Crippen molar-refractivity contribution in [2.45, 2.75) is 24.9 Å². The number of carbonyl (C=O) groups excluding carboxylic acids is 2. The maximum atomic E-state index is 12.5. The van der Waals surface area contributed by atoms with Crippen LogP contribution >= 0.6 is 23.1 Å². The molecule has 7 nitrogen and oxygen atoms in total. The molecule has 0 aliphatic carbocycles. The van der Waals surface area contributed by atoms with Gasteiger partial charge in [-0.2, -0.15) is 0 Å². The lowest BCUT2D eigenvalue weighted by Gasteiger charge is -2.34. The summed E-state index contributed by atoms with van der Waals surface area (Å²) in [6.07, 6.45) is 1.27. The number of piperazine rings is 1. The van der Waals surface area contributed by atoms with Crippen LogP contribution in [0, 0.1) is 0 Å². The third-order valence-electron chi connectivity index (χ3n) is 5.23. The van der Waals surface area contributed by atoms with Crippen LogP contribution in [0.15, 0.2) is 53.0 Å². The summed E-state index contributed by atoms with van der Waals surface area (Å²) in [5.74, 6) is 1.86. The van der Waals surface area contributed by atoms with Crippen LogP contribution in [-0.4, -0.2) is 68.3 Å². The number of aromatic nitrogens is 3. The van der Waals surface area contributed by atoms with Crippen molar-refractivity contribution in [1.82, 2.24) is 24.6 Å². The van der Waals surface area contributed by atoms with Crippen LogP contribution in [0.4, 0.5) is 0 Å². The molecule has 0 N–H and O–H groups in total. The molecule has 1 saturated heterocycles. The van der Waals surface area contributed by atoms with Crippen LogP contribution < -0.4 is 0 Å². The summed E-state index contributed by atoms with van der Waals surface area (Å²) >= 11 is 3.26. The minimum absolute atomic E-state index is 0.0768. The van der Waals surface area contributed by atoms with Crippen LogP contribution in [-0.2, 0) is 9.59 Å². The Morgan fingerprint density at radius 2 is 1.74 bits per heavy atom. The minimum atomic E-state index is 0.0768. The van der Waals surface area contributed by atoms with E-state index in [9.17, 15) is 9.59 Å². The lowest BCUT2D eigenvalue weighted by Crippen LogP contribution is -2.50. The molecule has 3 aromatic rings. The topological polar surface area (TPSA) is 71.3 Å². The quantitative estimate of drug-likeness (QED) is 0.402. The van der Waals surface area contributed by atoms with Gasteiger partial charge in [0.15, 0.2) is 11.0 Å². The summed E-state index contributed by atoms with van der Waals surface area (Å²) in [5, 5.41) is 11.7. The smallest absolute Gasteiger partial charge is 0.222 e. The van der Waals surface area contributed by atoms with Crippen molar-refractivity contribution in [3.63, 3.8) is 0 Å². The highest BCUT2D eigenvalue weighted by Crippen LogP contribution is 2.30. The number of hydrogen-bond donors (Lipinski definition) is 0. The molecule has 2 amide bonds. The molecule has 1 aliphatic heterocycles. The number of nitrogens with zero attached hydrogens (tertiary/aromatic N) is 5. The summed E-state index contributed by atoms with van der Waals surface area (Å²) in [6, 6.07) is 14.2. The Labute approximate surface area is 190 Å². The molecule has 0 atom stereocenters. The van der Waals surface area contributed by atoms with E-state index < -0.39 is 0 Å². The van der Waals surface area contributed by atoms with Crippen molar-refractivity contribution < 1.29 is 9.59 Å². The van der Waals surface area contributed by atoms with Crippen molar-refractivity contribution in [1.29, 1.82) is 0 Å². The van der Waals surface area contributed by atoms with Crippen LogP contribution in [0.3, 0.4) is 0 Å². The van der Waals surface area contributed by atoms with E-state index >= 15 is 0 Å². The van der Waals surface area contributed by atoms with Crippen molar-refractivity contribution in [3.8, 4) is 16.4 Å². The normalized spacial score (nSPS) is 14.1. The molecule has 0 saturated carbocycles. The van der Waals surface area contributed by atoms with E-state index in [-0.39, 0.29) is 11.8 Å². The summed E-state index contributed by atoms with van der Waals surface area (Å²) in [7, 11) is 0. The van der Waals surface area contributed by atoms with Gasteiger partial charge in [0, 0.05) is 51.0 Å². The molecule has 0 unspecified atom stereocenters. The van der Waals surface area contributed by atoms with Crippen LogP contribution in [0.25, 0.3) is 16.4 Å². The SMILES string of the molecule is CC(=O)N1CCN(C(=O)CCCSc2nnc(-c3cccs3)n2-c2ccccc2)CC1. The first-order chi connectivity index (χ1) is 15.1. The van der Waals surface area contributed by atoms with Crippen molar-refractivity contribution in [3.05, 3.63) is 47.8 Å². The van der Waals surface area contributed by atoms with Gasteiger partial charge >= 0.3 is 0 Å². The fraction of sp³-hybridized carbons (Fsp3) is 0.364. The molecular formula is C22H25N5O2S2. The molecule has 0 radical (unpaired) electrons. The standard InChI is InChI=1S/C22H25N5O2S2/c1-17(28)25-11-13-26(14-12-25)20(29)10-6-16-31-22-24-23-21(19-9-5-15-30-19)27(22)18-7-3-2-4-8-18/h2-5,7-9,15H,6,10-14,16H2,1H3. The predicted octanol–water partition coefficient (Wildman–Crippen LogP) is 3.56. The first-order valence-corrected chi connectivity index (χ1v) is 12.2. The molecule has 0 bridgehead atoms. The third kappa shape index (κ3) is 5.16. The molecule has 1 fully saturated rings. The van der Waals surface area contributed by atoms with Gasteiger partial charge in [0.1, 0.15) is 0 Å². The van der Waals surface area contributed by atoms with Gasteiger partial charge in [-0.1, -0.05) is 36.0 Å². The first kappa shape index (κ1) is 21.6. The molecule has 2 aromatic heterocycles. The Morgan fingerprint density at radius 1 is 1.00 bits per heavy atom. The van der Waals surface area contributed by atoms with Gasteiger partial charge in [0.2, 0.25) is 11.8 Å². The number of thioether (sulfide) groups is 1. The fourth-order valence-electron chi connectivity index (χ4n) is 3.55. The highest BCUT2D eigenvalue weighted by molar-refractivity contribution is 7.99. The number of rotatable bonds is 7. The number of para-hydroxylation sites is 1. The van der Waals surface area contributed by atoms with Gasteiger partial charge in [-0.25, -0.2) is 0 Å². The third-order valence-corrected chi connectivity index (χ3v) is 7.11. The van der Waals surface area contributed by atoms with E-state index in [4.69, 9.17) is 0 Å². The van der Waals surface area contributed by atoms with E-state index in [2.05, 4.69) is 26.9 Å². The van der Waals surface area contributed by atoms with Gasteiger partial charge < -0.3 is 9.80 Å². The molecule has 9 heteroatoms. The monoisotopic (exact) mass is 455 g/mol. The van der Waals surface area contributed by atoms with Gasteiger partial charge in [0.05, 0.1) is 4.88 Å². The summed E-state index contributed by atoms with van der Waals surface area (Å²) in [6.45, 7) is 4.08. The van der Waals surface area contributed by atoms with Crippen molar-refractivity contribution >= 4 is 34.9 Å². The second kappa shape index (κ2) is 10.1. The molecule has 31 heavy (non-hydrogen) atoms. The average molecular weight is 456 g/mol. The Balaban J connectivity index is 1.35. The highest BCUT2D eigenvalue weighted by Gasteiger charge is 2.22. The zero-order valence-electron chi connectivity index (χ0n) is 17.4. The van der Waals surface area contributed by atoms with E-state index in [1.54, 1.807) is 34.9 Å². The predicted molar refractivity (Wildman–Crippen MR) is 123 cm³/mol. The van der Waals surface area contributed by atoms with Crippen LogP contribution in [0.5, 0.6) is 0 Å². The van der Waals surface area contributed by atoms with E-state index in [1.165, 1.54) is 0 Å². The van der Waals surface area contributed by atoms with Crippen molar-refractivity contribution in [2.24, 2.45) is 0 Å². The van der Waals surface area contributed by atoms with Gasteiger partial charge in [-0.3, -0.25) is 14.2 Å².